The largest absolute Gasteiger partial charge is 0.464 e. The summed E-state index contributed by atoms with van der Waals surface area (Å²) in [6.45, 7) is 19.2. The van der Waals surface area contributed by atoms with E-state index in [1.165, 1.54) is 27.3 Å². The van der Waals surface area contributed by atoms with Gasteiger partial charge in [-0.25, -0.2) is 20.0 Å². The van der Waals surface area contributed by atoms with Crippen LogP contribution >= 0.6 is 11.3 Å². The van der Waals surface area contributed by atoms with Gasteiger partial charge >= 0.3 is 12.0 Å². The molecule has 3 aromatic heterocycles. The molecular weight excluding hydrogens is 871 g/mol. The number of urea groups is 1. The molecule has 360 valence electrons. The molecule has 3 aliphatic rings. The van der Waals surface area contributed by atoms with E-state index in [-0.39, 0.29) is 43.0 Å². The van der Waals surface area contributed by atoms with Gasteiger partial charge in [-0.2, -0.15) is 0 Å². The van der Waals surface area contributed by atoms with Crippen molar-refractivity contribution in [2.45, 2.75) is 117 Å². The van der Waals surface area contributed by atoms with Crippen molar-refractivity contribution in [3.05, 3.63) is 70.8 Å². The summed E-state index contributed by atoms with van der Waals surface area (Å²) in [5, 5.41) is 8.11. The first-order chi connectivity index (χ1) is 31.8. The standard InChI is InChI=1S/C50H67N9O7S/c1-12-41(60)55(9)33-19-23-57(27-33)48(64)56(10)43(30(3)4)45(61)53-37-25-40-52-38(28-67-40)32-17-18-39-35(24-32)36(44(58(39)13-2)34-16-14-21-51-42(34)31(5)65-11)26-49(6,7)29-66-47(63)50(8)20-15-22-59(54-50)46(37)62/h12,14,16-18,21,24,28,30-31,33,37,43,54H,1,13,15,19-20,22-23,25-27,29H2,2-11H3,(H,53,61)/t31-,33-,37-,43-,50+/m0/s1. The van der Waals surface area contributed by atoms with E-state index in [9.17, 15) is 24.0 Å². The highest BCUT2D eigenvalue weighted by Gasteiger charge is 2.44. The number of hydrogen-bond acceptors (Lipinski definition) is 11. The molecule has 7 rings (SSSR count). The van der Waals surface area contributed by atoms with Gasteiger partial charge in [-0.15, -0.1) is 11.3 Å². The predicted molar refractivity (Wildman–Crippen MR) is 259 cm³/mol. The molecule has 17 heteroatoms. The fraction of sp³-hybridized carbons (Fsp3) is 0.540. The minimum Gasteiger partial charge on any atom is -0.464 e. The Hall–Kier alpha value is -5.65. The fourth-order valence-corrected chi connectivity index (χ4v) is 10.7. The van der Waals surface area contributed by atoms with E-state index in [4.69, 9.17) is 19.4 Å². The summed E-state index contributed by atoms with van der Waals surface area (Å²) < 4.78 is 14.3. The summed E-state index contributed by atoms with van der Waals surface area (Å²) in [5.41, 5.74) is 8.05. The molecule has 2 fully saturated rings. The van der Waals surface area contributed by atoms with Crippen LogP contribution in [0.2, 0.25) is 0 Å². The van der Waals surface area contributed by atoms with Gasteiger partial charge in [-0.3, -0.25) is 24.4 Å². The van der Waals surface area contributed by atoms with Crippen molar-refractivity contribution in [1.82, 2.24) is 45.0 Å². The molecule has 16 nitrogen and oxygen atoms in total. The Kier molecular flexibility index (Phi) is 14.6. The van der Waals surface area contributed by atoms with Crippen LogP contribution < -0.4 is 10.7 Å². The molecule has 4 aromatic rings. The number of rotatable bonds is 10. The molecule has 2 N–H and O–H groups in total. The number of ether oxygens (including phenoxy) is 2. The maximum absolute atomic E-state index is 14.8. The highest BCUT2D eigenvalue weighted by molar-refractivity contribution is 7.10. The Bertz CT molecular complexity index is 2530. The van der Waals surface area contributed by atoms with E-state index in [1.807, 2.05) is 32.2 Å². The fourth-order valence-electron chi connectivity index (χ4n) is 9.90. The van der Waals surface area contributed by atoms with Gasteiger partial charge in [0.15, 0.2) is 0 Å². The SMILES string of the molecule is C=CC(=O)N(C)[C@H]1CCN(C(=O)N(C)[C@H](C(=O)N[C@H]2Cc3nc(cs3)-c3ccc4c(c3)c(c(-c3cccnc3[C@H](C)OC)n4CC)CC(C)(C)COC(=O)[C@@]3(C)CCCN(N3)C2=O)C(C)C)C1. The number of fused-ring (bicyclic) bond motifs is 6. The Morgan fingerprint density at radius 2 is 1.90 bits per heavy atom. The Balaban J connectivity index is 1.27. The number of benzene rings is 1. The lowest BCUT2D eigenvalue weighted by Gasteiger charge is -2.41. The molecule has 6 bridgehead atoms. The number of cyclic esters (lactones) is 1. The molecular formula is C50H67N9O7S. The normalized spacial score (nSPS) is 22.0. The predicted octanol–water partition coefficient (Wildman–Crippen LogP) is 6.39. The van der Waals surface area contributed by atoms with Crippen molar-refractivity contribution in [3.8, 4) is 22.5 Å². The van der Waals surface area contributed by atoms with Crippen LogP contribution in [0.25, 0.3) is 33.4 Å². The van der Waals surface area contributed by atoms with E-state index in [0.717, 1.165) is 44.7 Å². The van der Waals surface area contributed by atoms with Crippen LogP contribution in [0, 0.1) is 11.3 Å². The van der Waals surface area contributed by atoms with Crippen LogP contribution in [0.1, 0.15) is 90.1 Å². The second-order valence-electron chi connectivity index (χ2n) is 19.6. The van der Waals surface area contributed by atoms with Crippen LogP contribution in [0.4, 0.5) is 4.79 Å². The number of hydrogen-bond donors (Lipinski definition) is 2. The second kappa shape index (κ2) is 19.9. The number of amides is 5. The van der Waals surface area contributed by atoms with E-state index >= 15 is 0 Å². The number of aryl methyl sites for hydroxylation is 1. The Morgan fingerprint density at radius 1 is 1.13 bits per heavy atom. The number of likely N-dealkylation sites (N-methyl/N-ethyl adjacent to an activating group) is 2. The highest BCUT2D eigenvalue weighted by Crippen LogP contribution is 2.42. The minimum atomic E-state index is -1.23. The van der Waals surface area contributed by atoms with Gasteiger partial charge in [0.2, 0.25) is 11.8 Å². The van der Waals surface area contributed by atoms with Crippen LogP contribution in [0.3, 0.4) is 0 Å². The first kappa shape index (κ1) is 49.3. The van der Waals surface area contributed by atoms with Crippen LogP contribution in [0.5, 0.6) is 0 Å². The van der Waals surface area contributed by atoms with E-state index in [0.29, 0.717) is 56.9 Å². The molecule has 67 heavy (non-hydrogen) atoms. The summed E-state index contributed by atoms with van der Waals surface area (Å²) in [6.07, 6.45) is 4.95. The number of methoxy groups -OCH3 is 1. The molecule has 3 aliphatic heterocycles. The summed E-state index contributed by atoms with van der Waals surface area (Å²) in [5.74, 6) is -1.96. The lowest BCUT2D eigenvalue weighted by molar-refractivity contribution is -0.162. The lowest BCUT2D eigenvalue weighted by atomic mass is 9.84. The maximum atomic E-state index is 14.8. The third-order valence-electron chi connectivity index (χ3n) is 13.7. The monoisotopic (exact) mass is 937 g/mol. The van der Waals surface area contributed by atoms with Gasteiger partial charge in [-0.1, -0.05) is 40.3 Å². The lowest BCUT2D eigenvalue weighted by Crippen LogP contribution is -2.66. The number of hydrazine groups is 1. The van der Waals surface area contributed by atoms with Crippen molar-refractivity contribution in [1.29, 1.82) is 0 Å². The summed E-state index contributed by atoms with van der Waals surface area (Å²) in [7, 11) is 4.97. The summed E-state index contributed by atoms with van der Waals surface area (Å²) in [6, 6.07) is 7.83. The quantitative estimate of drug-likeness (QED) is 0.134. The average Bonchev–Trinajstić information content (AvgIpc) is 4.07. The van der Waals surface area contributed by atoms with Gasteiger partial charge in [0.25, 0.3) is 5.91 Å². The zero-order valence-electron chi connectivity index (χ0n) is 40.7. The molecule has 1 aromatic carbocycles. The van der Waals surface area contributed by atoms with Crippen molar-refractivity contribution in [2.75, 3.05) is 47.4 Å². The molecule has 0 spiro atoms. The number of thiazole rings is 1. The minimum absolute atomic E-state index is 0.0635. The number of nitrogens with one attached hydrogen (secondary N) is 2. The number of pyridine rings is 1. The molecule has 0 unspecified atom stereocenters. The first-order valence-electron chi connectivity index (χ1n) is 23.4. The number of aromatic nitrogens is 3. The van der Waals surface area contributed by atoms with Gasteiger partial charge in [0, 0.05) is 92.8 Å². The van der Waals surface area contributed by atoms with Gasteiger partial charge in [-0.05, 0) is 88.3 Å². The van der Waals surface area contributed by atoms with Gasteiger partial charge in [0.05, 0.1) is 40.8 Å². The smallest absolute Gasteiger partial charge is 0.327 e. The van der Waals surface area contributed by atoms with Crippen molar-refractivity contribution in [3.63, 3.8) is 0 Å². The third-order valence-corrected chi connectivity index (χ3v) is 14.6. The van der Waals surface area contributed by atoms with Crippen LogP contribution in [0.15, 0.2) is 54.6 Å². The van der Waals surface area contributed by atoms with Crippen LogP contribution in [-0.2, 0) is 48.0 Å². The molecule has 5 amide bonds. The zero-order valence-corrected chi connectivity index (χ0v) is 41.5. The zero-order chi connectivity index (χ0) is 48.5. The first-order valence-corrected chi connectivity index (χ1v) is 24.2. The molecule has 2 saturated heterocycles. The molecule has 0 aliphatic carbocycles. The van der Waals surface area contributed by atoms with Gasteiger partial charge < -0.3 is 34.1 Å². The van der Waals surface area contributed by atoms with Crippen molar-refractivity contribution >= 4 is 52.0 Å². The number of nitrogens with zero attached hydrogens (tertiary/aromatic N) is 7. The van der Waals surface area contributed by atoms with Crippen molar-refractivity contribution < 1.29 is 33.4 Å². The van der Waals surface area contributed by atoms with Crippen molar-refractivity contribution in [2.24, 2.45) is 11.3 Å². The Morgan fingerprint density at radius 3 is 2.60 bits per heavy atom. The maximum Gasteiger partial charge on any atom is 0.327 e. The number of carbonyl (C=O) groups excluding carboxylic acids is 5. The van der Waals surface area contributed by atoms with Crippen LogP contribution in [-0.4, -0.2) is 135 Å². The highest BCUT2D eigenvalue weighted by atomic mass is 32.1. The summed E-state index contributed by atoms with van der Waals surface area (Å²) >= 11 is 1.40. The van der Waals surface area contributed by atoms with Gasteiger partial charge in [0.1, 0.15) is 17.6 Å². The topological polar surface area (TPSA) is 172 Å². The molecule has 0 radical (unpaired) electrons. The number of carbonyl (C=O) groups is 5. The van der Waals surface area contributed by atoms with E-state index in [2.05, 4.69) is 66.9 Å². The van der Waals surface area contributed by atoms with E-state index in [1.54, 1.807) is 44.1 Å². The third kappa shape index (κ3) is 10.00. The molecule has 0 saturated carbocycles. The van der Waals surface area contributed by atoms with E-state index < -0.39 is 40.8 Å². The molecule has 5 atom stereocenters. The second-order valence-corrected chi connectivity index (χ2v) is 20.5. The summed E-state index contributed by atoms with van der Waals surface area (Å²) in [4.78, 5) is 84.4. The Labute approximate surface area is 398 Å². The number of esters is 1. The average molecular weight is 938 g/mol. The number of likely N-dealkylation sites (tertiary alicyclic amines) is 1. The molecule has 6 heterocycles.